The second-order valence-corrected chi connectivity index (χ2v) is 6.17. The Labute approximate surface area is 121 Å². The lowest BCUT2D eigenvalue weighted by atomic mass is 10.1. The normalized spacial score (nSPS) is 11.0. The minimum absolute atomic E-state index is 0.0417. The SMILES string of the molecule is CCOC(=O)CS(=O)(=O)CC(=O)c1cc(F)ccc1OC. The molecule has 116 valence electrons. The summed E-state index contributed by atoms with van der Waals surface area (Å²) in [6.45, 7) is 1.58. The topological polar surface area (TPSA) is 86.7 Å². The predicted molar refractivity (Wildman–Crippen MR) is 72.6 cm³/mol. The Kier molecular flexibility index (Phi) is 5.83. The van der Waals surface area contributed by atoms with Gasteiger partial charge in [-0.2, -0.15) is 0 Å². The molecule has 0 spiro atoms. The van der Waals surface area contributed by atoms with Crippen LogP contribution in [0, 0.1) is 5.82 Å². The first-order chi connectivity index (χ1) is 9.79. The average molecular weight is 318 g/mol. The second kappa shape index (κ2) is 7.16. The third-order valence-corrected chi connectivity index (χ3v) is 3.83. The van der Waals surface area contributed by atoms with Gasteiger partial charge in [-0.3, -0.25) is 9.59 Å². The highest BCUT2D eigenvalue weighted by atomic mass is 32.2. The second-order valence-electron chi connectivity index (χ2n) is 4.11. The van der Waals surface area contributed by atoms with E-state index in [1.807, 2.05) is 0 Å². The van der Waals surface area contributed by atoms with Crippen molar-refractivity contribution in [3.8, 4) is 5.75 Å². The van der Waals surface area contributed by atoms with Crippen LogP contribution in [0.4, 0.5) is 4.39 Å². The number of carbonyl (C=O) groups excluding carboxylic acids is 2. The summed E-state index contributed by atoms with van der Waals surface area (Å²) in [6, 6.07) is 3.20. The van der Waals surface area contributed by atoms with Crippen LogP contribution in [-0.2, 0) is 19.4 Å². The number of carbonyl (C=O) groups is 2. The molecule has 0 saturated carbocycles. The molecule has 8 heteroatoms. The zero-order chi connectivity index (χ0) is 16.0. The number of Topliss-reactive ketones (excluding diaryl/α,β-unsaturated/α-hetero) is 1. The van der Waals surface area contributed by atoms with Gasteiger partial charge in [-0.15, -0.1) is 0 Å². The summed E-state index contributed by atoms with van der Waals surface area (Å²) in [5, 5.41) is 0. The molecule has 0 fully saturated rings. The van der Waals surface area contributed by atoms with Gasteiger partial charge in [0, 0.05) is 0 Å². The van der Waals surface area contributed by atoms with Gasteiger partial charge in [0.1, 0.15) is 23.1 Å². The summed E-state index contributed by atoms with van der Waals surface area (Å²) >= 11 is 0. The maximum absolute atomic E-state index is 13.2. The first kappa shape index (κ1) is 17.1. The molecule has 0 aliphatic carbocycles. The maximum Gasteiger partial charge on any atom is 0.321 e. The van der Waals surface area contributed by atoms with Crippen molar-refractivity contribution >= 4 is 21.6 Å². The van der Waals surface area contributed by atoms with Gasteiger partial charge >= 0.3 is 5.97 Å². The number of esters is 1. The van der Waals surface area contributed by atoms with Crippen LogP contribution in [0.1, 0.15) is 17.3 Å². The summed E-state index contributed by atoms with van der Waals surface area (Å²) in [5.74, 6) is -4.24. The van der Waals surface area contributed by atoms with Crippen LogP contribution < -0.4 is 4.74 Å². The Balaban J connectivity index is 2.90. The Morgan fingerprint density at radius 1 is 1.24 bits per heavy atom. The molecule has 0 heterocycles. The van der Waals surface area contributed by atoms with E-state index in [1.165, 1.54) is 20.1 Å². The van der Waals surface area contributed by atoms with Crippen molar-refractivity contribution in [2.75, 3.05) is 25.2 Å². The van der Waals surface area contributed by atoms with Crippen LogP contribution in [0.3, 0.4) is 0 Å². The molecular weight excluding hydrogens is 303 g/mol. The Hall–Kier alpha value is -1.96. The van der Waals surface area contributed by atoms with Gasteiger partial charge in [0.05, 0.1) is 19.3 Å². The summed E-state index contributed by atoms with van der Waals surface area (Å²) in [7, 11) is -2.72. The molecule has 21 heavy (non-hydrogen) atoms. The summed E-state index contributed by atoms with van der Waals surface area (Å²) < 4.78 is 46.0. The van der Waals surface area contributed by atoms with Crippen molar-refractivity contribution in [1.82, 2.24) is 0 Å². The quantitative estimate of drug-likeness (QED) is 0.550. The number of methoxy groups -OCH3 is 1. The summed E-state index contributed by atoms with van der Waals surface area (Å²) in [5.41, 5.74) is -0.190. The van der Waals surface area contributed by atoms with Crippen molar-refractivity contribution in [2.45, 2.75) is 6.92 Å². The van der Waals surface area contributed by atoms with E-state index in [2.05, 4.69) is 4.74 Å². The first-order valence-corrected chi connectivity index (χ1v) is 7.84. The number of ether oxygens (including phenoxy) is 2. The molecule has 0 atom stereocenters. The number of hydrogen-bond donors (Lipinski definition) is 0. The zero-order valence-corrected chi connectivity index (χ0v) is 12.4. The highest BCUT2D eigenvalue weighted by Gasteiger charge is 2.24. The number of sulfone groups is 1. The fraction of sp³-hybridized carbons (Fsp3) is 0.385. The number of hydrogen-bond acceptors (Lipinski definition) is 6. The van der Waals surface area contributed by atoms with Crippen molar-refractivity contribution in [1.29, 1.82) is 0 Å². The molecule has 0 bridgehead atoms. The van der Waals surface area contributed by atoms with Gasteiger partial charge in [0.2, 0.25) is 0 Å². The van der Waals surface area contributed by atoms with Gasteiger partial charge in [-0.1, -0.05) is 0 Å². The summed E-state index contributed by atoms with van der Waals surface area (Å²) in [6.07, 6.45) is 0. The lowest BCUT2D eigenvalue weighted by Gasteiger charge is -2.08. The van der Waals surface area contributed by atoms with Gasteiger partial charge < -0.3 is 9.47 Å². The van der Waals surface area contributed by atoms with Gasteiger partial charge in [-0.25, -0.2) is 12.8 Å². The van der Waals surface area contributed by atoms with Crippen LogP contribution in [0.2, 0.25) is 0 Å². The number of rotatable bonds is 7. The van der Waals surface area contributed by atoms with Crippen LogP contribution in [-0.4, -0.2) is 45.4 Å². The Morgan fingerprint density at radius 2 is 1.90 bits per heavy atom. The maximum atomic E-state index is 13.2. The lowest BCUT2D eigenvalue weighted by molar-refractivity contribution is -0.139. The van der Waals surface area contributed by atoms with E-state index < -0.39 is 38.9 Å². The molecule has 0 radical (unpaired) electrons. The molecule has 0 saturated heterocycles. The monoisotopic (exact) mass is 318 g/mol. The number of ketones is 1. The lowest BCUT2D eigenvalue weighted by Crippen LogP contribution is -2.25. The van der Waals surface area contributed by atoms with E-state index in [9.17, 15) is 22.4 Å². The summed E-state index contributed by atoms with van der Waals surface area (Å²) in [4.78, 5) is 23.1. The number of halogens is 1. The zero-order valence-electron chi connectivity index (χ0n) is 11.6. The molecule has 0 amide bonds. The van der Waals surface area contributed by atoms with E-state index in [0.717, 1.165) is 12.1 Å². The smallest absolute Gasteiger partial charge is 0.321 e. The van der Waals surface area contributed by atoms with Gasteiger partial charge in [-0.05, 0) is 25.1 Å². The van der Waals surface area contributed by atoms with E-state index in [1.54, 1.807) is 0 Å². The molecule has 1 aromatic rings. The minimum atomic E-state index is -3.99. The van der Waals surface area contributed by atoms with Crippen molar-refractivity contribution in [2.24, 2.45) is 0 Å². The van der Waals surface area contributed by atoms with Crippen molar-refractivity contribution < 1.29 is 31.9 Å². The Bertz CT molecular complexity index is 638. The Morgan fingerprint density at radius 3 is 2.48 bits per heavy atom. The molecule has 6 nitrogen and oxygen atoms in total. The van der Waals surface area contributed by atoms with Crippen molar-refractivity contribution in [3.63, 3.8) is 0 Å². The van der Waals surface area contributed by atoms with Crippen LogP contribution in [0.15, 0.2) is 18.2 Å². The fourth-order valence-electron chi connectivity index (χ4n) is 1.61. The molecule has 1 aromatic carbocycles. The standard InChI is InChI=1S/C13H15FO6S/c1-3-20-13(16)8-21(17,18)7-11(15)10-6-9(14)4-5-12(10)19-2/h4-6H,3,7-8H2,1-2H3. The molecule has 0 aliphatic rings. The van der Waals surface area contributed by atoms with Crippen LogP contribution in [0.25, 0.3) is 0 Å². The van der Waals surface area contributed by atoms with E-state index in [0.29, 0.717) is 0 Å². The molecule has 0 unspecified atom stereocenters. The van der Waals surface area contributed by atoms with E-state index >= 15 is 0 Å². The molecule has 0 aliphatic heterocycles. The number of benzene rings is 1. The first-order valence-electron chi connectivity index (χ1n) is 6.02. The molecule has 1 rings (SSSR count). The van der Waals surface area contributed by atoms with Crippen LogP contribution in [0.5, 0.6) is 5.75 Å². The average Bonchev–Trinajstić information content (AvgIpc) is 2.37. The van der Waals surface area contributed by atoms with Gasteiger partial charge in [0.25, 0.3) is 0 Å². The molecule has 0 aromatic heterocycles. The molecule has 0 N–H and O–H groups in total. The van der Waals surface area contributed by atoms with Crippen LogP contribution >= 0.6 is 0 Å². The van der Waals surface area contributed by atoms with E-state index in [-0.39, 0.29) is 17.9 Å². The van der Waals surface area contributed by atoms with E-state index in [4.69, 9.17) is 4.74 Å². The minimum Gasteiger partial charge on any atom is -0.496 e. The third-order valence-electron chi connectivity index (χ3n) is 2.46. The molecular formula is C13H15FO6S. The predicted octanol–water partition coefficient (Wildman–Crippen LogP) is 0.995. The third kappa shape index (κ3) is 5.14. The largest absolute Gasteiger partial charge is 0.496 e. The fourth-order valence-corrected chi connectivity index (χ4v) is 2.71. The van der Waals surface area contributed by atoms with Gasteiger partial charge in [0.15, 0.2) is 15.6 Å². The highest BCUT2D eigenvalue weighted by molar-refractivity contribution is 7.92. The van der Waals surface area contributed by atoms with Crippen molar-refractivity contribution in [3.05, 3.63) is 29.6 Å². The highest BCUT2D eigenvalue weighted by Crippen LogP contribution is 2.20.